The standard InChI is InChI=1S/C10H16O2/c1-11-8-9-12-7-6-10-4-2-3-5-10/h2,4-5H,3,6-9H2,1H3. The van der Waals surface area contributed by atoms with Crippen LogP contribution in [-0.4, -0.2) is 26.9 Å². The quantitative estimate of drug-likeness (QED) is 0.564. The lowest BCUT2D eigenvalue weighted by atomic mass is 10.2. The molecule has 0 spiro atoms. The van der Waals surface area contributed by atoms with Crippen molar-refractivity contribution in [2.45, 2.75) is 12.8 Å². The second-order valence-electron chi connectivity index (χ2n) is 2.77. The largest absolute Gasteiger partial charge is 0.382 e. The van der Waals surface area contributed by atoms with E-state index in [4.69, 9.17) is 9.47 Å². The zero-order valence-electron chi connectivity index (χ0n) is 7.58. The van der Waals surface area contributed by atoms with Gasteiger partial charge in [0.15, 0.2) is 0 Å². The minimum Gasteiger partial charge on any atom is -0.382 e. The van der Waals surface area contributed by atoms with Gasteiger partial charge < -0.3 is 9.47 Å². The average Bonchev–Trinajstić information content (AvgIpc) is 2.57. The number of hydrogen-bond acceptors (Lipinski definition) is 2. The third-order valence-corrected chi connectivity index (χ3v) is 1.81. The Morgan fingerprint density at radius 3 is 2.92 bits per heavy atom. The summed E-state index contributed by atoms with van der Waals surface area (Å²) in [6.45, 7) is 2.20. The Morgan fingerprint density at radius 1 is 1.33 bits per heavy atom. The summed E-state index contributed by atoms with van der Waals surface area (Å²) in [5.41, 5.74) is 1.40. The summed E-state index contributed by atoms with van der Waals surface area (Å²) >= 11 is 0. The monoisotopic (exact) mass is 168 g/mol. The molecule has 0 aromatic carbocycles. The molecule has 0 aromatic heterocycles. The van der Waals surface area contributed by atoms with Crippen LogP contribution in [-0.2, 0) is 9.47 Å². The highest BCUT2D eigenvalue weighted by molar-refractivity contribution is 5.25. The zero-order chi connectivity index (χ0) is 8.65. The molecule has 1 aliphatic rings. The third-order valence-electron chi connectivity index (χ3n) is 1.81. The molecule has 12 heavy (non-hydrogen) atoms. The van der Waals surface area contributed by atoms with Crippen LogP contribution in [0, 0.1) is 0 Å². The number of rotatable bonds is 6. The molecule has 0 saturated heterocycles. The van der Waals surface area contributed by atoms with Crippen LogP contribution in [0.5, 0.6) is 0 Å². The lowest BCUT2D eigenvalue weighted by Crippen LogP contribution is -2.03. The van der Waals surface area contributed by atoms with Crippen molar-refractivity contribution in [2.24, 2.45) is 0 Å². The molecule has 0 saturated carbocycles. The fourth-order valence-corrected chi connectivity index (χ4v) is 1.13. The van der Waals surface area contributed by atoms with E-state index in [1.54, 1.807) is 7.11 Å². The summed E-state index contributed by atoms with van der Waals surface area (Å²) in [7, 11) is 1.69. The molecule has 0 heterocycles. The Hall–Kier alpha value is -0.600. The van der Waals surface area contributed by atoms with Gasteiger partial charge in [-0.15, -0.1) is 0 Å². The van der Waals surface area contributed by atoms with Crippen molar-refractivity contribution in [3.05, 3.63) is 23.8 Å². The van der Waals surface area contributed by atoms with Crippen LogP contribution >= 0.6 is 0 Å². The number of allylic oxidation sites excluding steroid dienone is 3. The Labute approximate surface area is 73.9 Å². The van der Waals surface area contributed by atoms with Gasteiger partial charge in [-0.2, -0.15) is 0 Å². The zero-order valence-corrected chi connectivity index (χ0v) is 7.58. The van der Waals surface area contributed by atoms with Gasteiger partial charge in [0.2, 0.25) is 0 Å². The lowest BCUT2D eigenvalue weighted by Gasteiger charge is -2.02. The Morgan fingerprint density at radius 2 is 2.25 bits per heavy atom. The predicted molar refractivity (Wildman–Crippen MR) is 49.2 cm³/mol. The maximum absolute atomic E-state index is 5.34. The molecule has 68 valence electrons. The van der Waals surface area contributed by atoms with Crippen LogP contribution in [0.15, 0.2) is 23.8 Å². The van der Waals surface area contributed by atoms with E-state index in [9.17, 15) is 0 Å². The first-order valence-corrected chi connectivity index (χ1v) is 4.36. The van der Waals surface area contributed by atoms with Crippen molar-refractivity contribution in [1.29, 1.82) is 0 Å². The minimum absolute atomic E-state index is 0.689. The van der Waals surface area contributed by atoms with Crippen LogP contribution < -0.4 is 0 Å². The number of hydrogen-bond donors (Lipinski definition) is 0. The van der Waals surface area contributed by atoms with Crippen LogP contribution in [0.3, 0.4) is 0 Å². The van der Waals surface area contributed by atoms with E-state index in [2.05, 4.69) is 18.2 Å². The summed E-state index contributed by atoms with van der Waals surface area (Å²) in [5.74, 6) is 0. The molecule has 0 aromatic rings. The maximum Gasteiger partial charge on any atom is 0.0700 e. The molecule has 1 rings (SSSR count). The molecule has 0 amide bonds. The van der Waals surface area contributed by atoms with Gasteiger partial charge in [0.25, 0.3) is 0 Å². The highest BCUT2D eigenvalue weighted by atomic mass is 16.5. The van der Waals surface area contributed by atoms with Gasteiger partial charge in [-0.1, -0.05) is 18.2 Å². The normalized spacial score (nSPS) is 15.2. The molecule has 0 bridgehead atoms. The first-order valence-electron chi connectivity index (χ1n) is 4.36. The van der Waals surface area contributed by atoms with E-state index in [0.717, 1.165) is 19.4 Å². The molecule has 0 N–H and O–H groups in total. The Kier molecular flexibility index (Phi) is 4.73. The van der Waals surface area contributed by atoms with Crippen molar-refractivity contribution >= 4 is 0 Å². The molecule has 2 nitrogen and oxygen atoms in total. The topological polar surface area (TPSA) is 18.5 Å². The molecule has 0 atom stereocenters. The minimum atomic E-state index is 0.689. The van der Waals surface area contributed by atoms with Crippen molar-refractivity contribution in [3.63, 3.8) is 0 Å². The van der Waals surface area contributed by atoms with Gasteiger partial charge in [-0.3, -0.25) is 0 Å². The fraction of sp³-hybridized carbons (Fsp3) is 0.600. The SMILES string of the molecule is COCCOCCC1=CCC=C1. The predicted octanol–water partition coefficient (Wildman–Crippen LogP) is 1.93. The third kappa shape index (κ3) is 3.69. The van der Waals surface area contributed by atoms with Crippen molar-refractivity contribution in [1.82, 2.24) is 0 Å². The van der Waals surface area contributed by atoms with Gasteiger partial charge in [0, 0.05) is 7.11 Å². The van der Waals surface area contributed by atoms with E-state index >= 15 is 0 Å². The Bertz CT molecular complexity index is 171. The fourth-order valence-electron chi connectivity index (χ4n) is 1.13. The van der Waals surface area contributed by atoms with Gasteiger partial charge in [0.05, 0.1) is 19.8 Å². The van der Waals surface area contributed by atoms with Gasteiger partial charge in [-0.05, 0) is 18.4 Å². The van der Waals surface area contributed by atoms with Crippen molar-refractivity contribution < 1.29 is 9.47 Å². The maximum atomic E-state index is 5.34. The highest BCUT2D eigenvalue weighted by Crippen LogP contribution is 2.11. The van der Waals surface area contributed by atoms with Crippen LogP contribution in [0.25, 0.3) is 0 Å². The summed E-state index contributed by atoms with van der Waals surface area (Å²) in [5, 5.41) is 0. The van der Waals surface area contributed by atoms with E-state index in [1.165, 1.54) is 5.57 Å². The van der Waals surface area contributed by atoms with Gasteiger partial charge in [0.1, 0.15) is 0 Å². The van der Waals surface area contributed by atoms with Crippen molar-refractivity contribution in [2.75, 3.05) is 26.9 Å². The Balaban J connectivity index is 1.92. The highest BCUT2D eigenvalue weighted by Gasteiger charge is 1.96. The summed E-state index contributed by atoms with van der Waals surface area (Å²) in [6.07, 6.45) is 8.69. The van der Waals surface area contributed by atoms with Crippen molar-refractivity contribution in [3.8, 4) is 0 Å². The second kappa shape index (κ2) is 5.98. The molecule has 0 radical (unpaired) electrons. The van der Waals surface area contributed by atoms with Gasteiger partial charge >= 0.3 is 0 Å². The van der Waals surface area contributed by atoms with E-state index in [1.807, 2.05) is 0 Å². The first-order chi connectivity index (χ1) is 5.93. The van der Waals surface area contributed by atoms with E-state index in [-0.39, 0.29) is 0 Å². The summed E-state index contributed by atoms with van der Waals surface area (Å²) < 4.78 is 10.2. The lowest BCUT2D eigenvalue weighted by molar-refractivity contribution is 0.0725. The molecular formula is C10H16O2. The molecular weight excluding hydrogens is 152 g/mol. The average molecular weight is 168 g/mol. The van der Waals surface area contributed by atoms with Gasteiger partial charge in [-0.25, -0.2) is 0 Å². The van der Waals surface area contributed by atoms with E-state index < -0.39 is 0 Å². The summed E-state index contributed by atoms with van der Waals surface area (Å²) in [6, 6.07) is 0. The van der Waals surface area contributed by atoms with E-state index in [0.29, 0.717) is 13.2 Å². The molecule has 0 fully saturated rings. The van der Waals surface area contributed by atoms with Crippen LogP contribution in [0.4, 0.5) is 0 Å². The number of methoxy groups -OCH3 is 1. The molecule has 0 unspecified atom stereocenters. The first kappa shape index (κ1) is 9.49. The second-order valence-corrected chi connectivity index (χ2v) is 2.77. The van der Waals surface area contributed by atoms with Crippen LogP contribution in [0.1, 0.15) is 12.8 Å². The molecule has 2 heteroatoms. The van der Waals surface area contributed by atoms with Crippen LogP contribution in [0.2, 0.25) is 0 Å². The molecule has 1 aliphatic carbocycles. The number of ether oxygens (including phenoxy) is 2. The summed E-state index contributed by atoms with van der Waals surface area (Å²) in [4.78, 5) is 0. The smallest absolute Gasteiger partial charge is 0.0700 e. The molecule has 0 aliphatic heterocycles.